The lowest BCUT2D eigenvalue weighted by Crippen LogP contribution is -2.41. The number of benzene rings is 1. The zero-order chi connectivity index (χ0) is 12.9. The molecular weight excluding hydrogens is 252 g/mol. The fourth-order valence-corrected chi connectivity index (χ4v) is 1.79. The SMILES string of the molecule is CCC(CC)(CN)C(=O)Nc1ccccc1O.Cl. The number of rotatable bonds is 5. The van der Waals surface area contributed by atoms with Crippen molar-refractivity contribution in [3.05, 3.63) is 24.3 Å². The Morgan fingerprint density at radius 2 is 1.89 bits per heavy atom. The van der Waals surface area contributed by atoms with Crippen LogP contribution in [-0.2, 0) is 4.79 Å². The van der Waals surface area contributed by atoms with E-state index in [2.05, 4.69) is 5.32 Å². The lowest BCUT2D eigenvalue weighted by atomic mass is 9.81. The first-order chi connectivity index (χ1) is 8.09. The third-order valence-electron chi connectivity index (χ3n) is 3.38. The molecule has 102 valence electrons. The number of hydrogen-bond acceptors (Lipinski definition) is 3. The second-order valence-corrected chi connectivity index (χ2v) is 4.16. The number of nitrogens with one attached hydrogen (secondary N) is 1. The molecule has 5 heteroatoms. The van der Waals surface area contributed by atoms with Crippen LogP contribution in [0.1, 0.15) is 26.7 Å². The van der Waals surface area contributed by atoms with Crippen LogP contribution < -0.4 is 11.1 Å². The number of anilines is 1. The maximum absolute atomic E-state index is 12.2. The lowest BCUT2D eigenvalue weighted by molar-refractivity contribution is -0.125. The second kappa shape index (κ2) is 7.24. The number of para-hydroxylation sites is 2. The van der Waals surface area contributed by atoms with E-state index in [1.165, 1.54) is 6.07 Å². The van der Waals surface area contributed by atoms with Crippen molar-refractivity contribution in [2.75, 3.05) is 11.9 Å². The highest BCUT2D eigenvalue weighted by Crippen LogP contribution is 2.29. The minimum Gasteiger partial charge on any atom is -0.506 e. The van der Waals surface area contributed by atoms with Gasteiger partial charge in [-0.1, -0.05) is 26.0 Å². The van der Waals surface area contributed by atoms with Crippen molar-refractivity contribution < 1.29 is 9.90 Å². The minimum absolute atomic E-state index is 0. The monoisotopic (exact) mass is 272 g/mol. The number of carbonyl (C=O) groups is 1. The third kappa shape index (κ3) is 3.37. The maximum Gasteiger partial charge on any atom is 0.231 e. The summed E-state index contributed by atoms with van der Waals surface area (Å²) in [6, 6.07) is 6.68. The summed E-state index contributed by atoms with van der Waals surface area (Å²) in [5.74, 6) is -0.0644. The molecule has 4 N–H and O–H groups in total. The molecule has 0 spiro atoms. The molecule has 0 heterocycles. The Labute approximate surface area is 114 Å². The van der Waals surface area contributed by atoms with Crippen molar-refractivity contribution in [1.82, 2.24) is 0 Å². The number of amides is 1. The Morgan fingerprint density at radius 3 is 2.33 bits per heavy atom. The van der Waals surface area contributed by atoms with Crippen molar-refractivity contribution in [2.45, 2.75) is 26.7 Å². The predicted octanol–water partition coefficient (Wildman–Crippen LogP) is 2.52. The van der Waals surface area contributed by atoms with Gasteiger partial charge in [0, 0.05) is 6.54 Å². The lowest BCUT2D eigenvalue weighted by Gasteiger charge is -2.28. The summed E-state index contributed by atoms with van der Waals surface area (Å²) in [5, 5.41) is 12.3. The average Bonchev–Trinajstić information content (AvgIpc) is 2.35. The normalized spacial score (nSPS) is 10.6. The summed E-state index contributed by atoms with van der Waals surface area (Å²) in [7, 11) is 0. The summed E-state index contributed by atoms with van der Waals surface area (Å²) in [4.78, 5) is 12.2. The molecule has 0 aliphatic rings. The summed E-state index contributed by atoms with van der Waals surface area (Å²) < 4.78 is 0. The first-order valence-electron chi connectivity index (χ1n) is 5.89. The zero-order valence-electron chi connectivity index (χ0n) is 10.8. The Morgan fingerprint density at radius 1 is 1.33 bits per heavy atom. The molecule has 0 atom stereocenters. The van der Waals surface area contributed by atoms with E-state index in [1.54, 1.807) is 18.2 Å². The Hall–Kier alpha value is -1.26. The number of carbonyl (C=O) groups excluding carboxylic acids is 1. The van der Waals surface area contributed by atoms with Crippen LogP contribution in [0.15, 0.2) is 24.3 Å². The van der Waals surface area contributed by atoms with Gasteiger partial charge in [-0.2, -0.15) is 0 Å². The van der Waals surface area contributed by atoms with Gasteiger partial charge >= 0.3 is 0 Å². The molecule has 0 fully saturated rings. The smallest absolute Gasteiger partial charge is 0.231 e. The number of hydrogen-bond donors (Lipinski definition) is 3. The molecule has 1 aromatic carbocycles. The number of aromatic hydroxyl groups is 1. The maximum atomic E-state index is 12.2. The Balaban J connectivity index is 0.00000289. The van der Waals surface area contributed by atoms with Crippen molar-refractivity contribution in [3.63, 3.8) is 0 Å². The van der Waals surface area contributed by atoms with Crippen molar-refractivity contribution in [3.8, 4) is 5.75 Å². The Kier molecular flexibility index (Phi) is 6.73. The van der Waals surface area contributed by atoms with Gasteiger partial charge in [-0.05, 0) is 25.0 Å². The van der Waals surface area contributed by atoms with Gasteiger partial charge in [0.15, 0.2) is 0 Å². The van der Waals surface area contributed by atoms with Crippen LogP contribution in [0, 0.1) is 5.41 Å². The highest BCUT2D eigenvalue weighted by molar-refractivity contribution is 5.96. The van der Waals surface area contributed by atoms with Gasteiger partial charge in [-0.3, -0.25) is 4.79 Å². The molecule has 0 aliphatic heterocycles. The summed E-state index contributed by atoms with van der Waals surface area (Å²) in [6.07, 6.45) is 1.36. The van der Waals surface area contributed by atoms with E-state index in [1.807, 2.05) is 13.8 Å². The van der Waals surface area contributed by atoms with E-state index >= 15 is 0 Å². The highest BCUT2D eigenvalue weighted by atomic mass is 35.5. The van der Waals surface area contributed by atoms with E-state index < -0.39 is 5.41 Å². The molecule has 0 saturated heterocycles. The van der Waals surface area contributed by atoms with Gasteiger partial charge in [0.2, 0.25) is 5.91 Å². The molecule has 0 aliphatic carbocycles. The third-order valence-corrected chi connectivity index (χ3v) is 3.38. The van der Waals surface area contributed by atoms with Crippen molar-refractivity contribution in [1.29, 1.82) is 0 Å². The van der Waals surface area contributed by atoms with Gasteiger partial charge in [0.05, 0.1) is 11.1 Å². The number of phenolic OH excluding ortho intramolecular Hbond substituents is 1. The van der Waals surface area contributed by atoms with Crippen LogP contribution in [-0.4, -0.2) is 17.6 Å². The van der Waals surface area contributed by atoms with E-state index in [0.717, 1.165) is 0 Å². The standard InChI is InChI=1S/C13H20N2O2.ClH/c1-3-13(4-2,9-14)12(17)15-10-7-5-6-8-11(10)16;/h5-8,16H,3-4,9,14H2,1-2H3,(H,15,17);1H. The number of nitrogens with two attached hydrogens (primary N) is 1. The van der Waals surface area contributed by atoms with Crippen LogP contribution in [0.25, 0.3) is 0 Å². The van der Waals surface area contributed by atoms with Crippen LogP contribution in [0.3, 0.4) is 0 Å². The number of phenols is 1. The molecule has 0 saturated carbocycles. The Bertz CT molecular complexity index is 384. The largest absolute Gasteiger partial charge is 0.506 e. The molecule has 0 bridgehead atoms. The van der Waals surface area contributed by atoms with Gasteiger partial charge in [0.1, 0.15) is 5.75 Å². The van der Waals surface area contributed by atoms with E-state index in [9.17, 15) is 9.90 Å². The van der Waals surface area contributed by atoms with Crippen LogP contribution in [0.2, 0.25) is 0 Å². The summed E-state index contributed by atoms with van der Waals surface area (Å²) >= 11 is 0. The summed E-state index contributed by atoms with van der Waals surface area (Å²) in [6.45, 7) is 4.20. The highest BCUT2D eigenvalue weighted by Gasteiger charge is 2.33. The molecule has 18 heavy (non-hydrogen) atoms. The first kappa shape index (κ1) is 16.7. The van der Waals surface area contributed by atoms with Gasteiger partial charge < -0.3 is 16.2 Å². The van der Waals surface area contributed by atoms with Crippen LogP contribution in [0.5, 0.6) is 5.75 Å². The molecule has 1 amide bonds. The molecule has 1 rings (SSSR count). The van der Waals surface area contributed by atoms with Gasteiger partial charge in [0.25, 0.3) is 0 Å². The first-order valence-corrected chi connectivity index (χ1v) is 5.89. The predicted molar refractivity (Wildman–Crippen MR) is 76.1 cm³/mol. The van der Waals surface area contributed by atoms with E-state index in [4.69, 9.17) is 5.73 Å². The second-order valence-electron chi connectivity index (χ2n) is 4.16. The van der Waals surface area contributed by atoms with Crippen molar-refractivity contribution in [2.24, 2.45) is 11.1 Å². The van der Waals surface area contributed by atoms with E-state index in [-0.39, 0.29) is 24.1 Å². The number of halogens is 1. The average molecular weight is 273 g/mol. The van der Waals surface area contributed by atoms with Crippen molar-refractivity contribution >= 4 is 24.0 Å². The fraction of sp³-hybridized carbons (Fsp3) is 0.462. The van der Waals surface area contributed by atoms with Crippen LogP contribution in [0.4, 0.5) is 5.69 Å². The molecule has 1 aromatic rings. The van der Waals surface area contributed by atoms with Gasteiger partial charge in [-0.25, -0.2) is 0 Å². The molecular formula is C13H21ClN2O2. The molecule has 0 radical (unpaired) electrons. The summed E-state index contributed by atoms with van der Waals surface area (Å²) in [5.41, 5.74) is 5.57. The van der Waals surface area contributed by atoms with E-state index in [0.29, 0.717) is 25.1 Å². The quantitative estimate of drug-likeness (QED) is 0.721. The van der Waals surface area contributed by atoms with Gasteiger partial charge in [-0.15, -0.1) is 12.4 Å². The molecule has 0 unspecified atom stereocenters. The topological polar surface area (TPSA) is 75.4 Å². The van der Waals surface area contributed by atoms with Crippen LogP contribution >= 0.6 is 12.4 Å². The minimum atomic E-state index is -0.553. The molecule has 0 aromatic heterocycles. The fourth-order valence-electron chi connectivity index (χ4n) is 1.79. The molecule has 4 nitrogen and oxygen atoms in total. The zero-order valence-corrected chi connectivity index (χ0v) is 11.6.